The highest BCUT2D eigenvalue weighted by Gasteiger charge is 2.39. The minimum Gasteiger partial charge on any atom is -0.492 e. The Morgan fingerprint density at radius 1 is 1.00 bits per heavy atom. The molecule has 1 saturated carbocycles. The number of rotatable bonds is 1. The van der Waals surface area contributed by atoms with Crippen molar-refractivity contribution in [3.05, 3.63) is 29.8 Å². The molecule has 2 heterocycles. The zero-order valence-corrected chi connectivity index (χ0v) is 18.7. The molecule has 2 aliphatic heterocycles. The topological polar surface area (TPSA) is 71.0 Å². The number of aliphatic hydroxyl groups is 1. The van der Waals surface area contributed by atoms with E-state index in [1.54, 1.807) is 0 Å². The molecule has 1 aliphatic carbocycles. The van der Waals surface area contributed by atoms with Crippen LogP contribution in [0.25, 0.3) is 0 Å². The lowest BCUT2D eigenvalue weighted by Gasteiger charge is -2.46. The molecule has 6 nitrogen and oxygen atoms in total. The van der Waals surface area contributed by atoms with Crippen LogP contribution in [0.4, 0.5) is 0 Å². The number of carbonyl (C=O) groups excluding carboxylic acids is 1. The molecule has 6 heteroatoms. The third kappa shape index (κ3) is 5.79. The van der Waals surface area contributed by atoms with Gasteiger partial charge in [0.05, 0.1) is 24.9 Å². The first-order chi connectivity index (χ1) is 15.2. The Hall–Kier alpha value is -1.63. The van der Waals surface area contributed by atoms with Crippen LogP contribution in [0.5, 0.6) is 5.75 Å². The van der Waals surface area contributed by atoms with E-state index < -0.39 is 0 Å². The molecule has 1 aromatic rings. The van der Waals surface area contributed by atoms with Gasteiger partial charge in [-0.05, 0) is 63.7 Å². The van der Waals surface area contributed by atoms with Gasteiger partial charge in [0.2, 0.25) is 0 Å². The van der Waals surface area contributed by atoms with E-state index in [1.807, 2.05) is 24.3 Å². The summed E-state index contributed by atoms with van der Waals surface area (Å²) in [5.41, 5.74) is 0.710. The Morgan fingerprint density at radius 3 is 2.65 bits per heavy atom. The molecule has 0 radical (unpaired) electrons. The van der Waals surface area contributed by atoms with E-state index in [9.17, 15) is 9.90 Å². The van der Waals surface area contributed by atoms with Gasteiger partial charge in [0.25, 0.3) is 5.91 Å². The van der Waals surface area contributed by atoms with Gasteiger partial charge in [-0.25, -0.2) is 0 Å². The number of amides is 1. The van der Waals surface area contributed by atoms with Crippen molar-refractivity contribution < 1.29 is 19.4 Å². The van der Waals surface area contributed by atoms with E-state index in [-0.39, 0.29) is 17.4 Å². The average Bonchev–Trinajstić information content (AvgIpc) is 2.80. The number of piperidine rings is 1. The quantitative estimate of drug-likeness (QED) is 0.715. The maximum atomic E-state index is 12.6. The number of benzene rings is 1. The smallest absolute Gasteiger partial charge is 0.255 e. The van der Waals surface area contributed by atoms with Crippen LogP contribution in [0.3, 0.4) is 0 Å². The second-order valence-electron chi connectivity index (χ2n) is 9.57. The number of nitrogens with one attached hydrogen (secondary N) is 1. The maximum Gasteiger partial charge on any atom is 0.255 e. The first-order valence-electron chi connectivity index (χ1n) is 12.2. The van der Waals surface area contributed by atoms with Crippen molar-refractivity contribution in [2.45, 2.75) is 69.9 Å². The Kier molecular flexibility index (Phi) is 7.86. The highest BCUT2D eigenvalue weighted by atomic mass is 16.5. The van der Waals surface area contributed by atoms with E-state index in [0.29, 0.717) is 37.1 Å². The van der Waals surface area contributed by atoms with Gasteiger partial charge in [-0.15, -0.1) is 0 Å². The molecule has 1 aromatic carbocycles. The lowest BCUT2D eigenvalue weighted by molar-refractivity contribution is -0.0261. The molecule has 1 saturated heterocycles. The first-order valence-corrected chi connectivity index (χ1v) is 12.2. The SMILES string of the molecule is O=C1NCCOCCCCC2(CCN(C3CCCCC3O)CC2)COc2ccccc21. The van der Waals surface area contributed by atoms with Gasteiger partial charge in [-0.1, -0.05) is 31.4 Å². The molecule has 2 fully saturated rings. The molecule has 172 valence electrons. The minimum atomic E-state index is -0.175. The van der Waals surface area contributed by atoms with Crippen molar-refractivity contribution in [1.82, 2.24) is 10.2 Å². The lowest BCUT2D eigenvalue weighted by Crippen LogP contribution is -2.52. The van der Waals surface area contributed by atoms with Crippen LogP contribution in [0.15, 0.2) is 24.3 Å². The van der Waals surface area contributed by atoms with Crippen LogP contribution in [-0.4, -0.2) is 67.5 Å². The number of fused-ring (bicyclic) bond motifs is 1. The summed E-state index contributed by atoms with van der Waals surface area (Å²) < 4.78 is 12.1. The number of likely N-dealkylation sites (tertiary alicyclic amines) is 1. The number of para-hydroxylation sites is 1. The minimum absolute atomic E-state index is 0.105. The summed E-state index contributed by atoms with van der Waals surface area (Å²) in [6.07, 6.45) is 9.69. The monoisotopic (exact) mass is 430 g/mol. The van der Waals surface area contributed by atoms with Gasteiger partial charge in [0.1, 0.15) is 5.75 Å². The molecule has 1 spiro atoms. The van der Waals surface area contributed by atoms with Gasteiger partial charge in [-0.3, -0.25) is 9.69 Å². The van der Waals surface area contributed by atoms with Crippen LogP contribution >= 0.6 is 0 Å². The Balaban J connectivity index is 1.45. The molecular formula is C25H38N2O4. The van der Waals surface area contributed by atoms with Crippen LogP contribution in [-0.2, 0) is 4.74 Å². The summed E-state index contributed by atoms with van der Waals surface area (Å²) in [6, 6.07) is 7.86. The molecule has 0 aromatic heterocycles. The first kappa shape index (κ1) is 22.6. The maximum absolute atomic E-state index is 12.6. The second-order valence-corrected chi connectivity index (χ2v) is 9.57. The molecular weight excluding hydrogens is 392 g/mol. The van der Waals surface area contributed by atoms with Crippen molar-refractivity contribution in [2.75, 3.05) is 39.5 Å². The van der Waals surface area contributed by atoms with Crippen molar-refractivity contribution in [3.8, 4) is 5.75 Å². The number of nitrogens with zero attached hydrogens (tertiary/aromatic N) is 1. The summed E-state index contributed by atoms with van der Waals surface area (Å²) >= 11 is 0. The molecule has 0 bridgehead atoms. The van der Waals surface area contributed by atoms with E-state index >= 15 is 0 Å². The summed E-state index contributed by atoms with van der Waals surface area (Å²) in [5, 5.41) is 13.4. The summed E-state index contributed by atoms with van der Waals surface area (Å²) in [7, 11) is 0. The molecule has 2 N–H and O–H groups in total. The largest absolute Gasteiger partial charge is 0.492 e. The third-order valence-electron chi connectivity index (χ3n) is 7.46. The fraction of sp³-hybridized carbons (Fsp3) is 0.720. The van der Waals surface area contributed by atoms with Crippen LogP contribution in [0.1, 0.15) is 68.1 Å². The van der Waals surface area contributed by atoms with Gasteiger partial charge < -0.3 is 19.9 Å². The van der Waals surface area contributed by atoms with Gasteiger partial charge in [0.15, 0.2) is 0 Å². The highest BCUT2D eigenvalue weighted by Crippen LogP contribution is 2.39. The van der Waals surface area contributed by atoms with Gasteiger partial charge >= 0.3 is 0 Å². The van der Waals surface area contributed by atoms with Gasteiger partial charge in [0, 0.05) is 24.6 Å². The standard InChI is InChI=1S/C25H38N2O4/c28-22-9-3-2-8-21(22)27-15-12-25(13-16-27)11-5-6-17-30-18-14-26-24(29)20-7-1-4-10-23(20)31-19-25/h1,4,7,10,21-22,28H,2-3,5-6,8-9,11-19H2,(H,26,29). The van der Waals surface area contributed by atoms with E-state index in [0.717, 1.165) is 71.1 Å². The van der Waals surface area contributed by atoms with Crippen molar-refractivity contribution in [2.24, 2.45) is 5.41 Å². The van der Waals surface area contributed by atoms with Crippen LogP contribution in [0, 0.1) is 5.41 Å². The van der Waals surface area contributed by atoms with Crippen LogP contribution < -0.4 is 10.1 Å². The summed E-state index contributed by atoms with van der Waals surface area (Å²) in [5.74, 6) is 0.564. The van der Waals surface area contributed by atoms with Crippen molar-refractivity contribution >= 4 is 5.91 Å². The molecule has 2 unspecified atom stereocenters. The van der Waals surface area contributed by atoms with Crippen molar-refractivity contribution in [1.29, 1.82) is 0 Å². The molecule has 2 atom stereocenters. The third-order valence-corrected chi connectivity index (χ3v) is 7.46. The predicted molar refractivity (Wildman–Crippen MR) is 120 cm³/mol. The zero-order chi connectivity index (χ0) is 21.5. The number of hydrogen-bond acceptors (Lipinski definition) is 5. The fourth-order valence-corrected chi connectivity index (χ4v) is 5.46. The number of hydrogen-bond donors (Lipinski definition) is 2. The van der Waals surface area contributed by atoms with E-state index in [2.05, 4.69) is 10.2 Å². The van der Waals surface area contributed by atoms with Crippen molar-refractivity contribution in [3.63, 3.8) is 0 Å². The van der Waals surface area contributed by atoms with E-state index in [1.165, 1.54) is 6.42 Å². The summed E-state index contributed by atoms with van der Waals surface area (Å²) in [6.45, 7) is 4.47. The zero-order valence-electron chi connectivity index (χ0n) is 18.7. The molecule has 1 amide bonds. The number of ether oxygens (including phenoxy) is 2. The fourth-order valence-electron chi connectivity index (χ4n) is 5.46. The Labute approximate surface area is 186 Å². The predicted octanol–water partition coefficient (Wildman–Crippen LogP) is 3.38. The second kappa shape index (κ2) is 10.8. The number of carbonyl (C=O) groups is 1. The molecule has 4 rings (SSSR count). The highest BCUT2D eigenvalue weighted by molar-refractivity contribution is 5.96. The lowest BCUT2D eigenvalue weighted by atomic mass is 9.74. The number of aliphatic hydroxyl groups excluding tert-OH is 1. The Morgan fingerprint density at radius 2 is 1.81 bits per heavy atom. The van der Waals surface area contributed by atoms with Gasteiger partial charge in [-0.2, -0.15) is 0 Å². The average molecular weight is 431 g/mol. The Bertz CT molecular complexity index is 717. The van der Waals surface area contributed by atoms with E-state index in [4.69, 9.17) is 9.47 Å². The summed E-state index contributed by atoms with van der Waals surface area (Å²) in [4.78, 5) is 15.1. The molecule has 31 heavy (non-hydrogen) atoms. The van der Waals surface area contributed by atoms with Crippen LogP contribution in [0.2, 0.25) is 0 Å². The molecule has 3 aliphatic rings. The normalized spacial score (nSPS) is 28.7.